The second-order valence-electron chi connectivity index (χ2n) is 3.29. The fourth-order valence-corrected chi connectivity index (χ4v) is 1.38. The quantitative estimate of drug-likeness (QED) is 0.830. The largest absolute Gasteiger partial charge is 0.461 e. The summed E-state index contributed by atoms with van der Waals surface area (Å²) in [5.41, 5.74) is 0.148. The lowest BCUT2D eigenvalue weighted by molar-refractivity contribution is -0.152. The third-order valence-electron chi connectivity index (χ3n) is 2.08. The van der Waals surface area contributed by atoms with Gasteiger partial charge in [-0.25, -0.2) is 4.79 Å². The SMILES string of the molecule is CCOC(=O)c1cc2oc(C(F)(F)F)cc2[nH]1. The molecule has 0 atom stereocenters. The highest BCUT2D eigenvalue weighted by Gasteiger charge is 2.35. The summed E-state index contributed by atoms with van der Waals surface area (Å²) >= 11 is 0. The molecule has 92 valence electrons. The molecule has 2 aromatic rings. The molecule has 0 aliphatic carbocycles. The van der Waals surface area contributed by atoms with E-state index in [1.54, 1.807) is 6.92 Å². The van der Waals surface area contributed by atoms with E-state index in [1.165, 1.54) is 6.07 Å². The van der Waals surface area contributed by atoms with Gasteiger partial charge >= 0.3 is 12.1 Å². The first-order chi connectivity index (χ1) is 7.91. The first kappa shape index (κ1) is 11.6. The number of aromatic amines is 1. The van der Waals surface area contributed by atoms with Gasteiger partial charge in [-0.2, -0.15) is 13.2 Å². The third-order valence-corrected chi connectivity index (χ3v) is 2.08. The zero-order valence-electron chi connectivity index (χ0n) is 8.72. The minimum absolute atomic E-state index is 0.0274. The van der Waals surface area contributed by atoms with Crippen LogP contribution in [0.4, 0.5) is 13.2 Å². The van der Waals surface area contributed by atoms with Crippen LogP contribution in [0.1, 0.15) is 23.2 Å². The van der Waals surface area contributed by atoms with Crippen molar-refractivity contribution in [3.8, 4) is 0 Å². The zero-order chi connectivity index (χ0) is 12.6. The van der Waals surface area contributed by atoms with E-state index in [4.69, 9.17) is 4.74 Å². The molecular weight excluding hydrogens is 239 g/mol. The molecule has 0 radical (unpaired) electrons. The van der Waals surface area contributed by atoms with Gasteiger partial charge in [0.15, 0.2) is 5.58 Å². The molecule has 0 aliphatic heterocycles. The Kier molecular flexibility index (Phi) is 2.60. The number of alkyl halides is 3. The van der Waals surface area contributed by atoms with Crippen molar-refractivity contribution in [1.82, 2.24) is 4.98 Å². The zero-order valence-corrected chi connectivity index (χ0v) is 8.72. The van der Waals surface area contributed by atoms with Crippen molar-refractivity contribution in [3.63, 3.8) is 0 Å². The number of H-pyrrole nitrogens is 1. The first-order valence-electron chi connectivity index (χ1n) is 4.78. The third kappa shape index (κ3) is 2.13. The minimum Gasteiger partial charge on any atom is -0.461 e. The van der Waals surface area contributed by atoms with Crippen LogP contribution in [0.25, 0.3) is 11.1 Å². The molecule has 0 saturated carbocycles. The van der Waals surface area contributed by atoms with Gasteiger partial charge in [0.25, 0.3) is 0 Å². The summed E-state index contributed by atoms with van der Waals surface area (Å²) < 4.78 is 46.1. The summed E-state index contributed by atoms with van der Waals surface area (Å²) in [5, 5.41) is 0. The maximum atomic E-state index is 12.3. The number of esters is 1. The molecule has 2 heterocycles. The van der Waals surface area contributed by atoms with Gasteiger partial charge in [0.2, 0.25) is 5.76 Å². The molecule has 0 fully saturated rings. The van der Waals surface area contributed by atoms with E-state index in [-0.39, 0.29) is 23.4 Å². The predicted molar refractivity (Wildman–Crippen MR) is 51.5 cm³/mol. The molecule has 0 bridgehead atoms. The van der Waals surface area contributed by atoms with Crippen LogP contribution in [0.2, 0.25) is 0 Å². The fourth-order valence-electron chi connectivity index (χ4n) is 1.38. The summed E-state index contributed by atoms with van der Waals surface area (Å²) in [6, 6.07) is 1.99. The summed E-state index contributed by atoms with van der Waals surface area (Å²) in [5.74, 6) is -1.73. The lowest BCUT2D eigenvalue weighted by atomic mass is 10.4. The molecule has 0 spiro atoms. The molecule has 0 aliphatic rings. The highest BCUT2D eigenvalue weighted by molar-refractivity contribution is 5.93. The number of hydrogen-bond acceptors (Lipinski definition) is 3. The van der Waals surface area contributed by atoms with Crippen LogP contribution in [0.3, 0.4) is 0 Å². The smallest absolute Gasteiger partial charge is 0.449 e. The maximum absolute atomic E-state index is 12.3. The van der Waals surface area contributed by atoms with Crippen molar-refractivity contribution in [2.24, 2.45) is 0 Å². The molecule has 1 N–H and O–H groups in total. The van der Waals surface area contributed by atoms with Gasteiger partial charge in [-0.05, 0) is 6.92 Å². The molecule has 0 saturated heterocycles. The highest BCUT2D eigenvalue weighted by Crippen LogP contribution is 2.33. The minimum atomic E-state index is -4.54. The van der Waals surface area contributed by atoms with E-state index >= 15 is 0 Å². The number of fused-ring (bicyclic) bond motifs is 1. The molecular formula is C10H8F3NO3. The molecule has 2 aromatic heterocycles. The molecule has 0 amide bonds. The molecule has 17 heavy (non-hydrogen) atoms. The number of carbonyl (C=O) groups is 1. The number of rotatable bonds is 2. The Balaban J connectivity index is 2.35. The Morgan fingerprint density at radius 2 is 2.18 bits per heavy atom. The van der Waals surface area contributed by atoms with Gasteiger partial charge in [0.05, 0.1) is 12.1 Å². The van der Waals surface area contributed by atoms with E-state index in [9.17, 15) is 18.0 Å². The standard InChI is InChI=1S/C10H8F3NO3/c1-2-16-9(15)6-3-7-5(14-6)4-8(17-7)10(11,12)13/h3-4,14H,2H2,1H3. The average Bonchev–Trinajstić information content (AvgIpc) is 2.72. The number of furan rings is 1. The number of halogens is 3. The molecule has 0 aromatic carbocycles. The Morgan fingerprint density at radius 1 is 1.47 bits per heavy atom. The van der Waals surface area contributed by atoms with E-state index in [0.717, 1.165) is 6.07 Å². The topological polar surface area (TPSA) is 55.2 Å². The number of ether oxygens (including phenoxy) is 1. The van der Waals surface area contributed by atoms with Crippen LogP contribution in [0, 0.1) is 0 Å². The van der Waals surface area contributed by atoms with Crippen LogP contribution in [0.5, 0.6) is 0 Å². The fraction of sp³-hybridized carbons (Fsp3) is 0.300. The van der Waals surface area contributed by atoms with Crippen LogP contribution in [-0.2, 0) is 10.9 Å². The van der Waals surface area contributed by atoms with E-state index in [1.807, 2.05) is 0 Å². The molecule has 0 unspecified atom stereocenters. The highest BCUT2D eigenvalue weighted by atomic mass is 19.4. The van der Waals surface area contributed by atoms with Gasteiger partial charge in [0.1, 0.15) is 5.69 Å². The maximum Gasteiger partial charge on any atom is 0.449 e. The molecule has 4 nitrogen and oxygen atoms in total. The van der Waals surface area contributed by atoms with Gasteiger partial charge < -0.3 is 14.1 Å². The number of aromatic nitrogens is 1. The lowest BCUT2D eigenvalue weighted by Crippen LogP contribution is -2.05. The monoisotopic (exact) mass is 247 g/mol. The summed E-state index contributed by atoms with van der Waals surface area (Å²) in [6.45, 7) is 1.82. The van der Waals surface area contributed by atoms with Crippen molar-refractivity contribution in [2.75, 3.05) is 6.61 Å². The molecule has 7 heteroatoms. The summed E-state index contributed by atoms with van der Waals surface area (Å²) in [7, 11) is 0. The summed E-state index contributed by atoms with van der Waals surface area (Å²) in [6.07, 6.45) is -4.54. The van der Waals surface area contributed by atoms with Crippen LogP contribution in [0.15, 0.2) is 16.5 Å². The van der Waals surface area contributed by atoms with E-state index in [2.05, 4.69) is 9.40 Å². The van der Waals surface area contributed by atoms with Crippen molar-refractivity contribution in [2.45, 2.75) is 13.1 Å². The van der Waals surface area contributed by atoms with E-state index in [0.29, 0.717) is 0 Å². The van der Waals surface area contributed by atoms with Crippen molar-refractivity contribution in [1.29, 1.82) is 0 Å². The lowest BCUT2D eigenvalue weighted by Gasteiger charge is -2.00. The Morgan fingerprint density at radius 3 is 2.71 bits per heavy atom. The first-order valence-corrected chi connectivity index (χ1v) is 4.78. The Bertz CT molecular complexity index is 521. The normalized spacial score (nSPS) is 12.0. The Hall–Kier alpha value is -1.92. The van der Waals surface area contributed by atoms with Gasteiger partial charge in [-0.1, -0.05) is 0 Å². The van der Waals surface area contributed by atoms with Crippen LogP contribution in [-0.4, -0.2) is 17.6 Å². The number of hydrogen-bond donors (Lipinski definition) is 1. The van der Waals surface area contributed by atoms with Crippen molar-refractivity contribution >= 4 is 17.1 Å². The van der Waals surface area contributed by atoms with Crippen molar-refractivity contribution in [3.05, 3.63) is 23.6 Å². The van der Waals surface area contributed by atoms with Gasteiger partial charge in [-0.15, -0.1) is 0 Å². The summed E-state index contributed by atoms with van der Waals surface area (Å²) in [4.78, 5) is 13.8. The van der Waals surface area contributed by atoms with Crippen molar-refractivity contribution < 1.29 is 27.1 Å². The second kappa shape index (κ2) is 3.83. The molecule has 2 rings (SSSR count). The van der Waals surface area contributed by atoms with Gasteiger partial charge in [-0.3, -0.25) is 0 Å². The number of nitrogens with one attached hydrogen (secondary N) is 1. The average molecular weight is 247 g/mol. The van der Waals surface area contributed by atoms with E-state index < -0.39 is 17.9 Å². The predicted octanol–water partition coefficient (Wildman–Crippen LogP) is 2.96. The Labute approximate surface area is 93.3 Å². The van der Waals surface area contributed by atoms with Crippen LogP contribution >= 0.6 is 0 Å². The van der Waals surface area contributed by atoms with Gasteiger partial charge in [0, 0.05) is 12.1 Å². The second-order valence-corrected chi connectivity index (χ2v) is 3.29. The van der Waals surface area contributed by atoms with Crippen LogP contribution < -0.4 is 0 Å². The number of carbonyl (C=O) groups excluding carboxylic acids is 1.